The van der Waals surface area contributed by atoms with Crippen molar-refractivity contribution in [1.82, 2.24) is 0 Å². The van der Waals surface area contributed by atoms with Crippen LogP contribution >= 0.6 is 0 Å². The average Bonchev–Trinajstić information content (AvgIpc) is 2.27. The van der Waals surface area contributed by atoms with Gasteiger partial charge in [-0.3, -0.25) is 0 Å². The van der Waals surface area contributed by atoms with E-state index < -0.39 is 0 Å². The van der Waals surface area contributed by atoms with Crippen molar-refractivity contribution < 1.29 is 0 Å². The number of hydrogen-bond donors (Lipinski definition) is 1. The summed E-state index contributed by atoms with van der Waals surface area (Å²) < 4.78 is 0. The molecule has 0 saturated carbocycles. The minimum atomic E-state index is 0.166. The molecule has 0 fully saturated rings. The quantitative estimate of drug-likeness (QED) is 0.763. The molecule has 2 aromatic rings. The molecule has 0 radical (unpaired) electrons. The third kappa shape index (κ3) is 1.64. The van der Waals surface area contributed by atoms with Crippen molar-refractivity contribution in [3.63, 3.8) is 0 Å². The molecule has 14 heavy (non-hydrogen) atoms. The monoisotopic (exact) mass is 185 g/mol. The predicted octanol–water partition coefficient (Wildman–Crippen LogP) is 3.25. The first-order chi connectivity index (χ1) is 6.81. The zero-order valence-electron chi connectivity index (χ0n) is 8.40. The van der Waals surface area contributed by atoms with Gasteiger partial charge >= 0.3 is 0 Å². The largest absolute Gasteiger partial charge is 0.324 e. The van der Waals surface area contributed by atoms with Crippen LogP contribution in [0.1, 0.15) is 24.9 Å². The fraction of sp³-hybridized carbons (Fsp3) is 0.231. The number of rotatable bonds is 2. The summed E-state index contributed by atoms with van der Waals surface area (Å²) in [5.41, 5.74) is 7.21. The van der Waals surface area contributed by atoms with Gasteiger partial charge in [0.15, 0.2) is 0 Å². The molecule has 1 atom stereocenters. The van der Waals surface area contributed by atoms with E-state index in [1.165, 1.54) is 16.3 Å². The number of nitrogens with two attached hydrogens (primary N) is 1. The second-order valence-corrected chi connectivity index (χ2v) is 3.62. The van der Waals surface area contributed by atoms with Gasteiger partial charge in [-0.15, -0.1) is 0 Å². The van der Waals surface area contributed by atoms with Crippen molar-refractivity contribution in [2.75, 3.05) is 0 Å². The van der Waals surface area contributed by atoms with Crippen molar-refractivity contribution in [1.29, 1.82) is 0 Å². The minimum absolute atomic E-state index is 0.166. The van der Waals surface area contributed by atoms with Gasteiger partial charge in [0.2, 0.25) is 0 Å². The summed E-state index contributed by atoms with van der Waals surface area (Å²) in [6.45, 7) is 2.11. The molecule has 72 valence electrons. The maximum atomic E-state index is 5.99. The van der Waals surface area contributed by atoms with E-state index in [0.29, 0.717) is 0 Å². The highest BCUT2D eigenvalue weighted by Gasteiger charge is 2.02. The summed E-state index contributed by atoms with van der Waals surface area (Å²) in [5.74, 6) is 0. The fourth-order valence-electron chi connectivity index (χ4n) is 1.67. The van der Waals surface area contributed by atoms with Gasteiger partial charge in [-0.2, -0.15) is 0 Å². The lowest BCUT2D eigenvalue weighted by atomic mass is 10.0. The summed E-state index contributed by atoms with van der Waals surface area (Å²) in [7, 11) is 0. The number of benzene rings is 2. The molecule has 1 nitrogen and oxygen atoms in total. The maximum Gasteiger partial charge on any atom is 0.0292 e. The maximum absolute atomic E-state index is 5.99. The molecule has 0 aromatic heterocycles. The highest BCUT2D eigenvalue weighted by molar-refractivity contribution is 5.83. The first-order valence-electron chi connectivity index (χ1n) is 5.05. The summed E-state index contributed by atoms with van der Waals surface area (Å²) in [5, 5.41) is 2.55. The Hall–Kier alpha value is -1.34. The van der Waals surface area contributed by atoms with Crippen LogP contribution in [0.3, 0.4) is 0 Å². The van der Waals surface area contributed by atoms with E-state index in [1.807, 2.05) is 0 Å². The Morgan fingerprint density at radius 1 is 1.07 bits per heavy atom. The van der Waals surface area contributed by atoms with E-state index in [0.717, 1.165) is 6.42 Å². The Morgan fingerprint density at radius 3 is 2.50 bits per heavy atom. The number of hydrogen-bond acceptors (Lipinski definition) is 1. The first-order valence-corrected chi connectivity index (χ1v) is 5.05. The van der Waals surface area contributed by atoms with E-state index in [1.54, 1.807) is 0 Å². The first kappa shape index (κ1) is 9.22. The third-order valence-electron chi connectivity index (χ3n) is 2.64. The molecule has 0 spiro atoms. The van der Waals surface area contributed by atoms with Gasteiger partial charge in [-0.05, 0) is 28.8 Å². The summed E-state index contributed by atoms with van der Waals surface area (Å²) >= 11 is 0. The van der Waals surface area contributed by atoms with Crippen LogP contribution in [0.25, 0.3) is 10.8 Å². The molecule has 2 rings (SSSR count). The van der Waals surface area contributed by atoms with Crippen molar-refractivity contribution in [3.05, 3.63) is 48.0 Å². The van der Waals surface area contributed by atoms with Gasteiger partial charge in [0, 0.05) is 6.04 Å². The summed E-state index contributed by atoms with van der Waals surface area (Å²) in [6.07, 6.45) is 0.984. The highest BCUT2D eigenvalue weighted by Crippen LogP contribution is 2.20. The van der Waals surface area contributed by atoms with Crippen molar-refractivity contribution in [2.24, 2.45) is 5.73 Å². The zero-order valence-corrected chi connectivity index (χ0v) is 8.40. The van der Waals surface area contributed by atoms with E-state index >= 15 is 0 Å². The summed E-state index contributed by atoms with van der Waals surface area (Å²) in [4.78, 5) is 0. The van der Waals surface area contributed by atoms with Crippen molar-refractivity contribution in [2.45, 2.75) is 19.4 Å². The van der Waals surface area contributed by atoms with Crippen LogP contribution in [0, 0.1) is 0 Å². The molecule has 2 aromatic carbocycles. The minimum Gasteiger partial charge on any atom is -0.324 e. The van der Waals surface area contributed by atoms with Crippen LogP contribution in [0.2, 0.25) is 0 Å². The molecule has 0 unspecified atom stereocenters. The van der Waals surface area contributed by atoms with Crippen molar-refractivity contribution in [3.8, 4) is 0 Å². The smallest absolute Gasteiger partial charge is 0.0292 e. The molecule has 0 aliphatic heterocycles. The highest BCUT2D eigenvalue weighted by atomic mass is 14.6. The molecule has 0 amide bonds. The lowest BCUT2D eigenvalue weighted by molar-refractivity contribution is 0.700. The average molecular weight is 185 g/mol. The Kier molecular flexibility index (Phi) is 2.51. The summed E-state index contributed by atoms with van der Waals surface area (Å²) in [6, 6.07) is 15.0. The van der Waals surface area contributed by atoms with Crippen LogP contribution in [0.15, 0.2) is 42.5 Å². The molecular formula is C13H15N. The van der Waals surface area contributed by atoms with Gasteiger partial charge in [0.1, 0.15) is 0 Å². The second-order valence-electron chi connectivity index (χ2n) is 3.62. The normalized spacial score (nSPS) is 13.0. The third-order valence-corrected chi connectivity index (χ3v) is 2.64. The molecular weight excluding hydrogens is 170 g/mol. The SMILES string of the molecule is CC[C@H](N)c1ccc2ccccc2c1. The molecule has 0 bridgehead atoms. The van der Waals surface area contributed by atoms with Crippen LogP contribution < -0.4 is 5.73 Å². The second kappa shape index (κ2) is 3.81. The van der Waals surface area contributed by atoms with E-state index in [2.05, 4.69) is 49.4 Å². The van der Waals surface area contributed by atoms with Crippen LogP contribution in [-0.4, -0.2) is 0 Å². The molecule has 1 heteroatoms. The Bertz CT molecular complexity index is 434. The molecule has 0 saturated heterocycles. The fourth-order valence-corrected chi connectivity index (χ4v) is 1.67. The van der Waals surface area contributed by atoms with Gasteiger partial charge in [-0.1, -0.05) is 43.3 Å². The van der Waals surface area contributed by atoms with Crippen LogP contribution in [0.4, 0.5) is 0 Å². The molecule has 0 heterocycles. The van der Waals surface area contributed by atoms with Gasteiger partial charge in [-0.25, -0.2) is 0 Å². The van der Waals surface area contributed by atoms with Gasteiger partial charge < -0.3 is 5.73 Å². The van der Waals surface area contributed by atoms with E-state index in [-0.39, 0.29) is 6.04 Å². The Labute approximate surface area is 84.5 Å². The van der Waals surface area contributed by atoms with E-state index in [9.17, 15) is 0 Å². The number of fused-ring (bicyclic) bond motifs is 1. The topological polar surface area (TPSA) is 26.0 Å². The Morgan fingerprint density at radius 2 is 1.79 bits per heavy atom. The Balaban J connectivity index is 2.51. The lowest BCUT2D eigenvalue weighted by Gasteiger charge is -2.09. The standard InChI is InChI=1S/C13H15N/c1-2-13(14)12-8-7-10-5-3-4-6-11(10)9-12/h3-9,13H,2,14H2,1H3/t13-/m0/s1. The predicted molar refractivity (Wildman–Crippen MR) is 61.2 cm³/mol. The van der Waals surface area contributed by atoms with Gasteiger partial charge in [0.05, 0.1) is 0 Å². The lowest BCUT2D eigenvalue weighted by Crippen LogP contribution is -2.08. The van der Waals surface area contributed by atoms with E-state index in [4.69, 9.17) is 5.73 Å². The zero-order chi connectivity index (χ0) is 9.97. The molecule has 0 aliphatic carbocycles. The van der Waals surface area contributed by atoms with Crippen LogP contribution in [-0.2, 0) is 0 Å². The molecule has 0 aliphatic rings. The molecule has 2 N–H and O–H groups in total. The van der Waals surface area contributed by atoms with Crippen molar-refractivity contribution >= 4 is 10.8 Å². The van der Waals surface area contributed by atoms with Crippen LogP contribution in [0.5, 0.6) is 0 Å². The van der Waals surface area contributed by atoms with Gasteiger partial charge in [0.25, 0.3) is 0 Å².